The Hall–Kier alpha value is -2.34. The molecule has 2 aromatic rings. The fourth-order valence-corrected chi connectivity index (χ4v) is 3.21. The van der Waals surface area contributed by atoms with Gasteiger partial charge in [0.05, 0.1) is 23.4 Å². The van der Waals surface area contributed by atoms with E-state index in [1.807, 2.05) is 29.6 Å². The lowest BCUT2D eigenvalue weighted by Crippen LogP contribution is -2.37. The molecular weight excluding hydrogens is 288 g/mol. The van der Waals surface area contributed by atoms with Gasteiger partial charge in [0, 0.05) is 30.0 Å². The molecule has 1 amide bonds. The summed E-state index contributed by atoms with van der Waals surface area (Å²) in [4.78, 5) is 15.0. The maximum atomic E-state index is 12.7. The van der Waals surface area contributed by atoms with Gasteiger partial charge in [0.15, 0.2) is 0 Å². The lowest BCUT2D eigenvalue weighted by Gasteiger charge is -2.29. The Kier molecular flexibility index (Phi) is 3.62. The molecule has 1 aromatic carbocycles. The summed E-state index contributed by atoms with van der Waals surface area (Å²) in [6, 6.07) is 9.20. The summed E-state index contributed by atoms with van der Waals surface area (Å²) >= 11 is 1.36. The van der Waals surface area contributed by atoms with Crippen molar-refractivity contribution in [2.24, 2.45) is 5.16 Å². The van der Waals surface area contributed by atoms with E-state index >= 15 is 0 Å². The third-order valence-electron chi connectivity index (χ3n) is 3.47. The van der Waals surface area contributed by atoms with Crippen LogP contribution in [-0.4, -0.2) is 30.5 Å². The number of fused-ring (bicyclic) bond motifs is 1. The zero-order valence-electron chi connectivity index (χ0n) is 11.4. The molecule has 1 N–H and O–H groups in total. The molecule has 0 saturated carbocycles. The predicted octanol–water partition coefficient (Wildman–Crippen LogP) is 2.99. The largest absolute Gasteiger partial charge is 0.496 e. The number of benzene rings is 1. The van der Waals surface area contributed by atoms with E-state index in [9.17, 15) is 4.79 Å². The van der Waals surface area contributed by atoms with Gasteiger partial charge < -0.3 is 14.8 Å². The van der Waals surface area contributed by atoms with Crippen molar-refractivity contribution in [3.8, 4) is 5.75 Å². The Morgan fingerprint density at radius 2 is 2.24 bits per heavy atom. The number of nitrogens with zero attached hydrogens (tertiary/aromatic N) is 2. The number of thiophene rings is 1. The maximum Gasteiger partial charge on any atom is 0.268 e. The van der Waals surface area contributed by atoms with Crippen LogP contribution >= 0.6 is 11.3 Å². The summed E-state index contributed by atoms with van der Waals surface area (Å²) in [7, 11) is 1.58. The average molecular weight is 302 g/mol. The minimum Gasteiger partial charge on any atom is -0.496 e. The Balaban J connectivity index is 1.98. The average Bonchev–Trinajstić information content (AvgIpc) is 3.02. The van der Waals surface area contributed by atoms with E-state index in [1.165, 1.54) is 11.3 Å². The Morgan fingerprint density at radius 3 is 2.95 bits per heavy atom. The highest BCUT2D eigenvalue weighted by Gasteiger charge is 2.27. The first-order chi connectivity index (χ1) is 10.2. The monoisotopic (exact) mass is 302 g/mol. The van der Waals surface area contributed by atoms with Crippen molar-refractivity contribution in [1.29, 1.82) is 0 Å². The van der Waals surface area contributed by atoms with Crippen LogP contribution in [0.4, 0.5) is 5.69 Å². The van der Waals surface area contributed by atoms with E-state index in [1.54, 1.807) is 18.1 Å². The highest BCUT2D eigenvalue weighted by atomic mass is 32.1. The van der Waals surface area contributed by atoms with Gasteiger partial charge in [-0.1, -0.05) is 23.4 Å². The van der Waals surface area contributed by atoms with Crippen LogP contribution in [0.1, 0.15) is 21.7 Å². The van der Waals surface area contributed by atoms with Crippen molar-refractivity contribution >= 4 is 28.6 Å². The Bertz CT molecular complexity index is 708. The van der Waals surface area contributed by atoms with Gasteiger partial charge in [0.1, 0.15) is 5.75 Å². The minimum atomic E-state index is -0.0623. The zero-order valence-corrected chi connectivity index (χ0v) is 12.3. The summed E-state index contributed by atoms with van der Waals surface area (Å²) in [5, 5.41) is 14.2. The van der Waals surface area contributed by atoms with Gasteiger partial charge in [-0.15, -0.1) is 11.3 Å². The van der Waals surface area contributed by atoms with E-state index in [0.29, 0.717) is 29.3 Å². The van der Waals surface area contributed by atoms with Crippen molar-refractivity contribution in [3.05, 3.63) is 46.2 Å². The van der Waals surface area contributed by atoms with Crippen molar-refractivity contribution in [3.63, 3.8) is 0 Å². The van der Waals surface area contributed by atoms with Crippen LogP contribution in [0.5, 0.6) is 5.75 Å². The topological polar surface area (TPSA) is 62.1 Å². The molecule has 108 valence electrons. The number of anilines is 1. The van der Waals surface area contributed by atoms with Crippen LogP contribution in [0.25, 0.3) is 0 Å². The first-order valence-corrected chi connectivity index (χ1v) is 7.37. The van der Waals surface area contributed by atoms with Gasteiger partial charge in [0.25, 0.3) is 5.91 Å². The number of ether oxygens (including phenoxy) is 1. The molecule has 6 heteroatoms. The van der Waals surface area contributed by atoms with Gasteiger partial charge in [-0.25, -0.2) is 0 Å². The van der Waals surface area contributed by atoms with Gasteiger partial charge in [-0.05, 0) is 6.07 Å². The number of carbonyl (C=O) groups excluding carboxylic acids is 1. The molecule has 0 unspecified atom stereocenters. The number of hydrogen-bond donors (Lipinski definition) is 1. The summed E-state index contributed by atoms with van der Waals surface area (Å²) < 4.78 is 5.12. The molecule has 3 rings (SSSR count). The van der Waals surface area contributed by atoms with Crippen LogP contribution in [0.15, 0.2) is 40.9 Å². The number of methoxy groups -OCH3 is 1. The maximum absolute atomic E-state index is 12.7. The van der Waals surface area contributed by atoms with Crippen molar-refractivity contribution < 1.29 is 14.7 Å². The number of hydrogen-bond acceptors (Lipinski definition) is 5. The van der Waals surface area contributed by atoms with E-state index in [0.717, 1.165) is 11.3 Å². The second-order valence-corrected chi connectivity index (χ2v) is 5.53. The van der Waals surface area contributed by atoms with Crippen LogP contribution in [0, 0.1) is 0 Å². The number of carbonyl (C=O) groups is 1. The van der Waals surface area contributed by atoms with Crippen LogP contribution in [-0.2, 0) is 0 Å². The molecule has 5 nitrogen and oxygen atoms in total. The third-order valence-corrected chi connectivity index (χ3v) is 4.36. The fourth-order valence-electron chi connectivity index (χ4n) is 2.41. The Morgan fingerprint density at radius 1 is 1.43 bits per heavy atom. The standard InChI is InChI=1S/C15H14N2O3S/c1-20-10-8-14(21-9-10)15(18)17-7-6-12(16-19)11-4-2-3-5-13(11)17/h2-5,8-9,19H,6-7H2,1H3/b16-12-. The smallest absolute Gasteiger partial charge is 0.268 e. The second kappa shape index (κ2) is 5.57. The highest BCUT2D eigenvalue weighted by molar-refractivity contribution is 7.12. The van der Waals surface area contributed by atoms with Crippen molar-refractivity contribution in [1.82, 2.24) is 0 Å². The van der Waals surface area contributed by atoms with E-state index in [2.05, 4.69) is 5.16 Å². The molecule has 1 aliphatic heterocycles. The SMILES string of the molecule is COc1csc(C(=O)N2CC/C(=N/O)c3ccccc32)c1. The fraction of sp³-hybridized carbons (Fsp3) is 0.200. The number of oxime groups is 1. The van der Waals surface area contributed by atoms with E-state index < -0.39 is 0 Å². The molecule has 0 aliphatic carbocycles. The molecule has 21 heavy (non-hydrogen) atoms. The van der Waals surface area contributed by atoms with Crippen LogP contribution < -0.4 is 9.64 Å². The van der Waals surface area contributed by atoms with Gasteiger partial charge in [-0.3, -0.25) is 4.79 Å². The lowest BCUT2D eigenvalue weighted by atomic mass is 9.99. The molecular formula is C15H14N2O3S. The Labute approximate surface area is 126 Å². The molecule has 0 saturated heterocycles. The zero-order chi connectivity index (χ0) is 14.8. The van der Waals surface area contributed by atoms with Gasteiger partial charge >= 0.3 is 0 Å². The molecule has 1 aromatic heterocycles. The third kappa shape index (κ3) is 2.38. The normalized spacial score (nSPS) is 15.9. The van der Waals surface area contributed by atoms with Crippen molar-refractivity contribution in [2.75, 3.05) is 18.6 Å². The summed E-state index contributed by atoms with van der Waals surface area (Å²) in [6.07, 6.45) is 0.530. The quantitative estimate of drug-likeness (QED) is 0.685. The molecule has 0 radical (unpaired) electrons. The second-order valence-electron chi connectivity index (χ2n) is 4.62. The van der Waals surface area contributed by atoms with Gasteiger partial charge in [-0.2, -0.15) is 0 Å². The summed E-state index contributed by atoms with van der Waals surface area (Å²) in [5.41, 5.74) is 2.18. The van der Waals surface area contributed by atoms with Crippen molar-refractivity contribution in [2.45, 2.75) is 6.42 Å². The minimum absolute atomic E-state index is 0.0623. The number of amides is 1. The van der Waals surface area contributed by atoms with E-state index in [-0.39, 0.29) is 5.91 Å². The molecule has 1 aliphatic rings. The summed E-state index contributed by atoms with van der Waals surface area (Å²) in [5.74, 6) is 0.624. The molecule has 2 heterocycles. The number of para-hydroxylation sites is 1. The molecule has 0 fully saturated rings. The first-order valence-electron chi connectivity index (χ1n) is 6.49. The molecule has 0 bridgehead atoms. The van der Waals surface area contributed by atoms with Gasteiger partial charge in [0.2, 0.25) is 0 Å². The predicted molar refractivity (Wildman–Crippen MR) is 81.9 cm³/mol. The lowest BCUT2D eigenvalue weighted by molar-refractivity contribution is 0.0990. The number of rotatable bonds is 2. The molecule has 0 spiro atoms. The first kappa shape index (κ1) is 13.6. The van der Waals surface area contributed by atoms with E-state index in [4.69, 9.17) is 9.94 Å². The molecule has 0 atom stereocenters. The van der Waals surface area contributed by atoms with Crippen LogP contribution in [0.2, 0.25) is 0 Å². The highest BCUT2D eigenvalue weighted by Crippen LogP contribution is 2.30. The van der Waals surface area contributed by atoms with Crippen LogP contribution in [0.3, 0.4) is 0 Å². The summed E-state index contributed by atoms with van der Waals surface area (Å²) in [6.45, 7) is 0.495.